The van der Waals surface area contributed by atoms with Gasteiger partial charge in [0, 0.05) is 35.8 Å². The lowest BCUT2D eigenvalue weighted by molar-refractivity contribution is -0.149. The summed E-state index contributed by atoms with van der Waals surface area (Å²) in [6.45, 7) is 11.9. The molecule has 2 fully saturated rings. The van der Waals surface area contributed by atoms with Crippen molar-refractivity contribution in [1.29, 1.82) is 0 Å². The number of halogens is 1. The minimum atomic E-state index is -3.53. The largest absolute Gasteiger partial charge is 0.482 e. The molecule has 0 aliphatic carbocycles. The first kappa shape index (κ1) is 36.0. The summed E-state index contributed by atoms with van der Waals surface area (Å²) in [5.41, 5.74) is 2.56. The molecule has 0 saturated carbocycles. The Bertz CT molecular complexity index is 1720. The number of hydrogen-bond acceptors (Lipinski definition) is 6. The SMILES string of the molecule is CC(C)=CCC/C(C)=C/CN1C(=O)[C@@]2(O[C@@H](CC(=O)N3CCC[C@H]3CO)[C@H]([Si](C)(C)F)[C@H]2C)c2cc(N3C(=O)COc4ccccc43)ccc21. The van der Waals surface area contributed by atoms with E-state index in [-0.39, 0.29) is 43.4 Å². The molecule has 4 aliphatic rings. The highest BCUT2D eigenvalue weighted by Gasteiger charge is 2.67. The van der Waals surface area contributed by atoms with Crippen LogP contribution >= 0.6 is 0 Å². The number of ether oxygens (including phenoxy) is 2. The van der Waals surface area contributed by atoms with Crippen LogP contribution in [0.3, 0.4) is 0 Å². The van der Waals surface area contributed by atoms with E-state index in [9.17, 15) is 19.5 Å². The predicted molar refractivity (Wildman–Crippen MR) is 195 cm³/mol. The molecular weight excluding hydrogens is 654 g/mol. The van der Waals surface area contributed by atoms with Gasteiger partial charge >= 0.3 is 0 Å². The molecule has 0 unspecified atom stereocenters. The van der Waals surface area contributed by atoms with Gasteiger partial charge in [0.15, 0.2) is 12.2 Å². The first-order valence-electron chi connectivity index (χ1n) is 17.8. The van der Waals surface area contributed by atoms with E-state index < -0.39 is 31.6 Å². The molecule has 0 radical (unpaired) electrons. The lowest BCUT2D eigenvalue weighted by Gasteiger charge is -2.32. The lowest BCUT2D eigenvalue weighted by Crippen LogP contribution is -2.45. The molecule has 9 nitrogen and oxygen atoms in total. The van der Waals surface area contributed by atoms with Crippen LogP contribution in [0.5, 0.6) is 5.75 Å². The number of benzene rings is 2. The van der Waals surface area contributed by atoms with Gasteiger partial charge in [-0.05, 0) is 89.9 Å². The number of aliphatic hydroxyl groups is 1. The van der Waals surface area contributed by atoms with Gasteiger partial charge in [0.25, 0.3) is 11.8 Å². The second kappa shape index (κ2) is 14.1. The van der Waals surface area contributed by atoms with Crippen LogP contribution in [0, 0.1) is 5.92 Å². The first-order valence-corrected chi connectivity index (χ1v) is 20.8. The summed E-state index contributed by atoms with van der Waals surface area (Å²) in [5.74, 6) is -0.753. The number of carbonyl (C=O) groups excluding carboxylic acids is 3. The van der Waals surface area contributed by atoms with Gasteiger partial charge in [0.05, 0.1) is 36.5 Å². The Hall–Kier alpha value is -3.80. The monoisotopic (exact) mass is 703 g/mol. The average Bonchev–Trinajstić information content (AvgIpc) is 3.73. The first-order chi connectivity index (χ1) is 23.8. The number of para-hydroxylation sites is 2. The van der Waals surface area contributed by atoms with Crippen LogP contribution in [0.4, 0.5) is 21.2 Å². The second-order valence-corrected chi connectivity index (χ2v) is 18.8. The standard InChI is InChI=1S/C39H50FN3O6Si/c1-25(2)11-9-12-26(3)18-20-42-31-17-16-28(43-32-14-7-8-15-33(32)48-24-36(43)46)21-30(31)39(38(42)47)27(4)37(50(5,6)40)34(49-39)22-35(45)41-19-10-13-29(41)23-44/h7-8,11,14-18,21,27,29,34,37,44H,9-10,12-13,19-20,22-24H2,1-6H3/b26-18+/t27-,29+,34+,37-,39+/m1/s1. The Kier molecular flexibility index (Phi) is 10.1. The molecule has 3 amide bonds. The van der Waals surface area contributed by atoms with Crippen molar-refractivity contribution in [3.8, 4) is 5.75 Å². The van der Waals surface area contributed by atoms with E-state index in [2.05, 4.69) is 32.9 Å². The zero-order valence-corrected chi connectivity index (χ0v) is 31.1. The number of aliphatic hydroxyl groups excluding tert-OH is 1. The highest BCUT2D eigenvalue weighted by Crippen LogP contribution is 2.61. The number of allylic oxidation sites excluding steroid dienone is 3. The van der Waals surface area contributed by atoms with E-state index >= 15 is 4.11 Å². The maximum absolute atomic E-state index is 16.5. The number of nitrogens with zero attached hydrogens (tertiary/aromatic N) is 3. The van der Waals surface area contributed by atoms with E-state index in [1.165, 1.54) is 5.57 Å². The smallest absolute Gasteiger partial charge is 0.269 e. The molecule has 4 aliphatic heterocycles. The molecule has 2 aromatic rings. The summed E-state index contributed by atoms with van der Waals surface area (Å²) in [6.07, 6.45) is 6.61. The fraction of sp³-hybridized carbons (Fsp3) is 0.513. The lowest BCUT2D eigenvalue weighted by atomic mass is 9.82. The zero-order valence-electron chi connectivity index (χ0n) is 30.1. The fourth-order valence-corrected chi connectivity index (χ4v) is 11.0. The highest BCUT2D eigenvalue weighted by molar-refractivity contribution is 6.72. The maximum atomic E-state index is 16.5. The van der Waals surface area contributed by atoms with Gasteiger partial charge in [0.2, 0.25) is 14.3 Å². The molecule has 6 rings (SSSR count). The number of fused-ring (bicyclic) bond motifs is 3. The van der Waals surface area contributed by atoms with Crippen LogP contribution in [0.15, 0.2) is 65.8 Å². The topological polar surface area (TPSA) is 99.6 Å². The number of likely N-dealkylation sites (tertiary alicyclic amines) is 1. The molecular formula is C39H50FN3O6Si. The van der Waals surface area contributed by atoms with Crippen LogP contribution < -0.4 is 14.5 Å². The quantitative estimate of drug-likeness (QED) is 0.164. The van der Waals surface area contributed by atoms with Gasteiger partial charge in [-0.2, -0.15) is 0 Å². The van der Waals surface area contributed by atoms with Crippen LogP contribution in [-0.2, 0) is 24.7 Å². The Balaban J connectivity index is 1.43. The van der Waals surface area contributed by atoms with E-state index in [1.54, 1.807) is 27.8 Å². The van der Waals surface area contributed by atoms with Gasteiger partial charge in [0.1, 0.15) is 5.75 Å². The van der Waals surface area contributed by atoms with Gasteiger partial charge in [-0.1, -0.05) is 42.4 Å². The van der Waals surface area contributed by atoms with Crippen LogP contribution in [0.25, 0.3) is 0 Å². The number of anilines is 3. The Labute approximate surface area is 295 Å². The van der Waals surface area contributed by atoms with Crippen molar-refractivity contribution >= 4 is 43.2 Å². The van der Waals surface area contributed by atoms with Crippen LogP contribution in [-0.4, -0.2) is 74.6 Å². The number of rotatable bonds is 10. The maximum Gasteiger partial charge on any atom is 0.269 e. The molecule has 1 spiro atoms. The summed E-state index contributed by atoms with van der Waals surface area (Å²) < 4.78 is 29.1. The van der Waals surface area contributed by atoms with Crippen molar-refractivity contribution < 1.29 is 33.1 Å². The van der Waals surface area contributed by atoms with Crippen molar-refractivity contribution in [3.63, 3.8) is 0 Å². The molecule has 5 atom stereocenters. The summed E-state index contributed by atoms with van der Waals surface area (Å²) in [7, 11) is -3.53. The summed E-state index contributed by atoms with van der Waals surface area (Å²) in [6, 6.07) is 12.6. The predicted octanol–water partition coefficient (Wildman–Crippen LogP) is 6.93. The Morgan fingerprint density at radius 2 is 1.86 bits per heavy atom. The minimum Gasteiger partial charge on any atom is -0.482 e. The van der Waals surface area contributed by atoms with Crippen LogP contribution in [0.2, 0.25) is 18.6 Å². The summed E-state index contributed by atoms with van der Waals surface area (Å²) >= 11 is 0. The molecule has 2 aromatic carbocycles. The van der Waals surface area contributed by atoms with Crippen molar-refractivity contribution in [2.45, 2.75) is 96.2 Å². The second-order valence-electron chi connectivity index (χ2n) is 15.0. The van der Waals surface area contributed by atoms with Crippen LogP contribution in [0.1, 0.15) is 65.4 Å². The third kappa shape index (κ3) is 6.44. The third-order valence-electron chi connectivity index (χ3n) is 10.9. The Morgan fingerprint density at radius 3 is 2.58 bits per heavy atom. The number of carbonyl (C=O) groups is 3. The fourth-order valence-electron chi connectivity index (χ4n) is 8.52. The third-order valence-corrected chi connectivity index (χ3v) is 13.4. The molecule has 268 valence electrons. The molecule has 4 heterocycles. The summed E-state index contributed by atoms with van der Waals surface area (Å²) in [5, 5.41) is 9.91. The number of hydrogen-bond donors (Lipinski definition) is 1. The van der Waals surface area contributed by atoms with E-state index in [0.717, 1.165) is 31.3 Å². The van der Waals surface area contributed by atoms with Gasteiger partial charge in [-0.15, -0.1) is 0 Å². The zero-order chi connectivity index (χ0) is 36.0. The average molecular weight is 704 g/mol. The molecule has 50 heavy (non-hydrogen) atoms. The Morgan fingerprint density at radius 1 is 1.10 bits per heavy atom. The molecule has 1 N–H and O–H groups in total. The molecule has 0 bridgehead atoms. The van der Waals surface area contributed by atoms with Crippen molar-refractivity contribution in [2.75, 3.05) is 36.1 Å². The molecule has 2 saturated heterocycles. The molecule has 11 heteroatoms. The van der Waals surface area contributed by atoms with Gasteiger partial charge in [-0.3, -0.25) is 19.3 Å². The van der Waals surface area contributed by atoms with Gasteiger partial charge in [-0.25, -0.2) is 0 Å². The highest BCUT2D eigenvalue weighted by atomic mass is 28.4. The summed E-state index contributed by atoms with van der Waals surface area (Å²) in [4.78, 5) is 47.1. The van der Waals surface area contributed by atoms with Crippen molar-refractivity contribution in [1.82, 2.24) is 4.90 Å². The molecule has 0 aromatic heterocycles. The van der Waals surface area contributed by atoms with E-state index in [1.807, 2.05) is 49.4 Å². The van der Waals surface area contributed by atoms with Crippen molar-refractivity contribution in [2.24, 2.45) is 5.92 Å². The normalized spacial score (nSPS) is 26.4. The van der Waals surface area contributed by atoms with E-state index in [4.69, 9.17) is 9.47 Å². The number of amides is 3. The van der Waals surface area contributed by atoms with Crippen molar-refractivity contribution in [3.05, 3.63) is 71.3 Å². The van der Waals surface area contributed by atoms with E-state index in [0.29, 0.717) is 41.5 Å². The van der Waals surface area contributed by atoms with Gasteiger partial charge < -0.3 is 28.5 Å². The minimum absolute atomic E-state index is 0.0748.